The molecule has 0 fully saturated rings. The molecule has 2 heterocycles. The third-order valence-electron chi connectivity index (χ3n) is 4.33. The molecule has 0 aliphatic rings. The Morgan fingerprint density at radius 2 is 1.93 bits per heavy atom. The Morgan fingerprint density at radius 1 is 1.07 bits per heavy atom. The maximum Gasteiger partial charge on any atom is 0.253 e. The second-order valence-corrected chi connectivity index (χ2v) is 6.49. The second-order valence-electron chi connectivity index (χ2n) is 6.49. The molecule has 0 bridgehead atoms. The summed E-state index contributed by atoms with van der Waals surface area (Å²) in [6.07, 6.45) is 4.45. The minimum absolute atomic E-state index is 0.223. The molecule has 0 aliphatic heterocycles. The number of nitrogens with one attached hydrogen (secondary N) is 1. The smallest absolute Gasteiger partial charge is 0.253 e. The number of halogens is 1. The van der Waals surface area contributed by atoms with Crippen molar-refractivity contribution in [2.24, 2.45) is 0 Å². The van der Waals surface area contributed by atoms with Crippen LogP contribution in [0.3, 0.4) is 0 Å². The van der Waals surface area contributed by atoms with Gasteiger partial charge in [0.2, 0.25) is 0 Å². The van der Waals surface area contributed by atoms with E-state index in [-0.39, 0.29) is 18.3 Å². The molecule has 8 heteroatoms. The molecular formula is C22H18FN5O2. The van der Waals surface area contributed by atoms with Crippen LogP contribution in [-0.2, 0) is 13.2 Å². The van der Waals surface area contributed by atoms with Crippen LogP contribution >= 0.6 is 0 Å². The van der Waals surface area contributed by atoms with Crippen molar-refractivity contribution in [1.29, 1.82) is 0 Å². The van der Waals surface area contributed by atoms with Crippen molar-refractivity contribution in [2.75, 3.05) is 0 Å². The van der Waals surface area contributed by atoms with Gasteiger partial charge in [0.05, 0.1) is 5.56 Å². The predicted octanol–water partition coefficient (Wildman–Crippen LogP) is 3.31. The summed E-state index contributed by atoms with van der Waals surface area (Å²) in [7, 11) is 0. The molecule has 0 saturated heterocycles. The largest absolute Gasteiger partial charge is 0.489 e. The van der Waals surface area contributed by atoms with E-state index in [2.05, 4.69) is 20.4 Å². The van der Waals surface area contributed by atoms with E-state index in [1.54, 1.807) is 24.3 Å². The number of pyridine rings is 1. The lowest BCUT2D eigenvalue weighted by Gasteiger charge is -2.09. The van der Waals surface area contributed by atoms with Crippen LogP contribution in [0.25, 0.3) is 5.82 Å². The number of amides is 1. The fourth-order valence-electron chi connectivity index (χ4n) is 2.76. The molecule has 1 amide bonds. The third-order valence-corrected chi connectivity index (χ3v) is 4.33. The molecule has 150 valence electrons. The maximum absolute atomic E-state index is 13.2. The quantitative estimate of drug-likeness (QED) is 0.512. The average molecular weight is 403 g/mol. The third kappa shape index (κ3) is 4.85. The number of ether oxygens (including phenoxy) is 1. The number of aromatic nitrogens is 4. The Labute approximate surface area is 172 Å². The molecule has 1 N–H and O–H groups in total. The van der Waals surface area contributed by atoms with Crippen LogP contribution in [0.5, 0.6) is 5.75 Å². The lowest BCUT2D eigenvalue weighted by Crippen LogP contribution is -2.23. The molecule has 0 unspecified atom stereocenters. The Balaban J connectivity index is 1.28. The van der Waals surface area contributed by atoms with Crippen LogP contribution in [0.4, 0.5) is 4.39 Å². The first kappa shape index (κ1) is 19.3. The molecule has 0 radical (unpaired) electrons. The lowest BCUT2D eigenvalue weighted by atomic mass is 10.2. The van der Waals surface area contributed by atoms with E-state index in [0.717, 1.165) is 11.1 Å². The summed E-state index contributed by atoms with van der Waals surface area (Å²) in [5, 5.41) is 6.85. The van der Waals surface area contributed by atoms with Crippen molar-refractivity contribution in [1.82, 2.24) is 25.1 Å². The van der Waals surface area contributed by atoms with Crippen molar-refractivity contribution in [3.05, 3.63) is 102 Å². The summed E-state index contributed by atoms with van der Waals surface area (Å²) in [4.78, 5) is 20.4. The van der Waals surface area contributed by atoms with Crippen molar-refractivity contribution >= 4 is 5.91 Å². The summed E-state index contributed by atoms with van der Waals surface area (Å²) < 4.78 is 20.4. The molecule has 30 heavy (non-hydrogen) atoms. The molecule has 0 saturated carbocycles. The van der Waals surface area contributed by atoms with E-state index in [4.69, 9.17) is 4.74 Å². The standard InChI is InChI=1S/C22H18FN5O2/c23-19-3-1-2-17(10-19)13-30-20-7-4-16(5-8-20)11-26-22(29)18-6-9-21(25-12-18)28-15-24-14-27-28/h1-10,12,14-15H,11,13H2,(H,26,29). The van der Waals surface area contributed by atoms with Crippen LogP contribution in [0.15, 0.2) is 79.5 Å². The van der Waals surface area contributed by atoms with Crippen LogP contribution in [0.2, 0.25) is 0 Å². The van der Waals surface area contributed by atoms with E-state index in [9.17, 15) is 9.18 Å². The monoisotopic (exact) mass is 403 g/mol. The zero-order valence-corrected chi connectivity index (χ0v) is 15.9. The topological polar surface area (TPSA) is 81.9 Å². The molecule has 2 aromatic carbocycles. The minimum Gasteiger partial charge on any atom is -0.489 e. The van der Waals surface area contributed by atoms with E-state index >= 15 is 0 Å². The molecule has 2 aromatic heterocycles. The van der Waals surface area contributed by atoms with Gasteiger partial charge in [-0.1, -0.05) is 24.3 Å². The minimum atomic E-state index is -0.287. The van der Waals surface area contributed by atoms with Gasteiger partial charge in [-0.15, -0.1) is 0 Å². The van der Waals surface area contributed by atoms with Crippen LogP contribution in [0, 0.1) is 5.82 Å². The zero-order valence-electron chi connectivity index (χ0n) is 15.9. The van der Waals surface area contributed by atoms with E-state index < -0.39 is 0 Å². The number of rotatable bonds is 7. The summed E-state index contributed by atoms with van der Waals surface area (Å²) in [6, 6.07) is 17.0. The van der Waals surface area contributed by atoms with Crippen molar-refractivity contribution in [3.8, 4) is 11.6 Å². The van der Waals surface area contributed by atoms with E-state index in [1.165, 1.54) is 35.7 Å². The Kier molecular flexibility index (Phi) is 5.75. The van der Waals surface area contributed by atoms with Gasteiger partial charge in [0.25, 0.3) is 5.91 Å². The summed E-state index contributed by atoms with van der Waals surface area (Å²) in [5.74, 6) is 0.740. The Morgan fingerprint density at radius 3 is 2.63 bits per heavy atom. The van der Waals surface area contributed by atoms with Gasteiger partial charge in [0, 0.05) is 12.7 Å². The van der Waals surface area contributed by atoms with Crippen LogP contribution < -0.4 is 10.1 Å². The molecule has 0 aliphatic carbocycles. The van der Waals surface area contributed by atoms with Crippen LogP contribution in [0.1, 0.15) is 21.5 Å². The van der Waals surface area contributed by atoms with Gasteiger partial charge < -0.3 is 10.1 Å². The normalized spacial score (nSPS) is 10.6. The summed E-state index contributed by atoms with van der Waals surface area (Å²) >= 11 is 0. The van der Waals surface area contributed by atoms with Crippen molar-refractivity contribution < 1.29 is 13.9 Å². The highest BCUT2D eigenvalue weighted by atomic mass is 19.1. The molecule has 0 spiro atoms. The van der Waals surface area contributed by atoms with E-state index in [0.29, 0.717) is 23.7 Å². The first-order chi connectivity index (χ1) is 14.7. The highest BCUT2D eigenvalue weighted by molar-refractivity contribution is 5.93. The first-order valence-corrected chi connectivity index (χ1v) is 9.23. The highest BCUT2D eigenvalue weighted by Gasteiger charge is 2.07. The second kappa shape index (κ2) is 8.95. The van der Waals surface area contributed by atoms with Crippen molar-refractivity contribution in [3.63, 3.8) is 0 Å². The summed E-state index contributed by atoms with van der Waals surface area (Å²) in [6.45, 7) is 0.652. The molecule has 4 aromatic rings. The number of hydrogen-bond acceptors (Lipinski definition) is 5. The lowest BCUT2D eigenvalue weighted by molar-refractivity contribution is 0.0950. The Bertz CT molecular complexity index is 1110. The Hall–Kier alpha value is -4.07. The van der Waals surface area contributed by atoms with Crippen molar-refractivity contribution in [2.45, 2.75) is 13.2 Å². The molecule has 4 rings (SSSR count). The molecule has 0 atom stereocenters. The predicted molar refractivity (Wildman–Crippen MR) is 107 cm³/mol. The first-order valence-electron chi connectivity index (χ1n) is 9.23. The van der Waals surface area contributed by atoms with Gasteiger partial charge in [-0.25, -0.2) is 19.0 Å². The number of nitrogens with zero attached hydrogens (tertiary/aromatic N) is 4. The van der Waals surface area contributed by atoms with Gasteiger partial charge in [-0.2, -0.15) is 5.10 Å². The van der Waals surface area contributed by atoms with Gasteiger partial charge in [0.1, 0.15) is 30.8 Å². The van der Waals surface area contributed by atoms with Gasteiger partial charge in [-0.3, -0.25) is 4.79 Å². The fraction of sp³-hybridized carbons (Fsp3) is 0.0909. The van der Waals surface area contributed by atoms with Crippen LogP contribution in [-0.4, -0.2) is 25.7 Å². The van der Waals surface area contributed by atoms with Gasteiger partial charge in [-0.05, 0) is 47.5 Å². The van der Waals surface area contributed by atoms with Gasteiger partial charge >= 0.3 is 0 Å². The molecular weight excluding hydrogens is 385 g/mol. The maximum atomic E-state index is 13.2. The zero-order chi connectivity index (χ0) is 20.8. The van der Waals surface area contributed by atoms with Gasteiger partial charge in [0.15, 0.2) is 5.82 Å². The number of carbonyl (C=O) groups is 1. The molecule has 7 nitrogen and oxygen atoms in total. The number of carbonyl (C=O) groups excluding carboxylic acids is 1. The number of benzene rings is 2. The highest BCUT2D eigenvalue weighted by Crippen LogP contribution is 2.15. The summed E-state index contributed by atoms with van der Waals surface area (Å²) in [5.41, 5.74) is 2.14. The SMILES string of the molecule is O=C(NCc1ccc(OCc2cccc(F)c2)cc1)c1ccc(-n2cncn2)nc1. The van der Waals surface area contributed by atoms with E-state index in [1.807, 2.05) is 24.3 Å². The number of hydrogen-bond donors (Lipinski definition) is 1. The average Bonchev–Trinajstić information content (AvgIpc) is 3.32. The fourth-order valence-corrected chi connectivity index (χ4v) is 2.76.